The number of rotatable bonds is 3. The minimum absolute atomic E-state index is 0. The van der Waals surface area contributed by atoms with Crippen LogP contribution in [0.5, 0.6) is 0 Å². The molecule has 2 N–H and O–H groups in total. The second-order valence-electron chi connectivity index (χ2n) is 4.61. The molecule has 2 aromatic carbocycles. The average Bonchev–Trinajstić information content (AvgIpc) is 2.53. The summed E-state index contributed by atoms with van der Waals surface area (Å²) in [6.07, 6.45) is 0. The molecule has 0 spiro atoms. The van der Waals surface area contributed by atoms with Crippen LogP contribution in [0.25, 0.3) is 11.0 Å². The lowest BCUT2D eigenvalue weighted by molar-refractivity contribution is 1.16. The fourth-order valence-corrected chi connectivity index (χ4v) is 1.99. The second kappa shape index (κ2) is 6.87. The maximum absolute atomic E-state index is 11.9. The molecule has 1 heterocycles. The Morgan fingerprint density at radius 1 is 1.09 bits per heavy atom. The number of hydrazone groups is 1. The number of halogens is 1. The van der Waals surface area contributed by atoms with Crippen molar-refractivity contribution in [2.45, 2.75) is 6.92 Å². The molecule has 0 atom stereocenters. The Morgan fingerprint density at radius 3 is 2.55 bits per heavy atom. The van der Waals surface area contributed by atoms with Gasteiger partial charge in [0.1, 0.15) is 0 Å². The van der Waals surface area contributed by atoms with Gasteiger partial charge in [-0.1, -0.05) is 42.5 Å². The normalized spacial score (nSPS) is 11.0. The topological polar surface area (TPSA) is 70.1 Å². The van der Waals surface area contributed by atoms with Crippen molar-refractivity contribution in [1.82, 2.24) is 9.97 Å². The molecule has 0 aliphatic heterocycles. The number of anilines is 1. The van der Waals surface area contributed by atoms with Gasteiger partial charge in [-0.05, 0) is 24.6 Å². The summed E-state index contributed by atoms with van der Waals surface area (Å²) >= 11 is 0. The van der Waals surface area contributed by atoms with Crippen LogP contribution in [-0.4, -0.2) is 15.7 Å². The molecule has 0 fully saturated rings. The molecular weight excluding hydrogens is 300 g/mol. The molecule has 22 heavy (non-hydrogen) atoms. The predicted octanol–water partition coefficient (Wildman–Crippen LogP) is 3.18. The van der Waals surface area contributed by atoms with E-state index >= 15 is 0 Å². The van der Waals surface area contributed by atoms with E-state index in [-0.39, 0.29) is 23.8 Å². The van der Waals surface area contributed by atoms with Crippen LogP contribution in [0.15, 0.2) is 64.5 Å². The number of H-pyrrole nitrogens is 1. The molecule has 0 aliphatic rings. The van der Waals surface area contributed by atoms with Gasteiger partial charge in [0.2, 0.25) is 5.82 Å². The Hall–Kier alpha value is -2.66. The van der Waals surface area contributed by atoms with E-state index in [4.69, 9.17) is 0 Å². The maximum atomic E-state index is 11.9. The summed E-state index contributed by atoms with van der Waals surface area (Å²) in [6, 6.07) is 17.1. The first-order chi connectivity index (χ1) is 10.2. The van der Waals surface area contributed by atoms with Gasteiger partial charge in [0.15, 0.2) is 0 Å². The SMILES string of the molecule is C/C(=N\Nc1nc2ccccc2[nH]c1=O)c1ccccc1.Cl. The summed E-state index contributed by atoms with van der Waals surface area (Å²) in [5, 5.41) is 4.22. The van der Waals surface area contributed by atoms with E-state index in [2.05, 4.69) is 20.5 Å². The molecule has 0 radical (unpaired) electrons. The van der Waals surface area contributed by atoms with Crippen LogP contribution in [0.3, 0.4) is 0 Å². The minimum Gasteiger partial charge on any atom is -0.317 e. The Labute approximate surface area is 133 Å². The zero-order valence-electron chi connectivity index (χ0n) is 11.9. The molecule has 3 aromatic rings. The van der Waals surface area contributed by atoms with Crippen LogP contribution in [0.1, 0.15) is 12.5 Å². The van der Waals surface area contributed by atoms with Gasteiger partial charge in [0, 0.05) is 0 Å². The summed E-state index contributed by atoms with van der Waals surface area (Å²) in [7, 11) is 0. The highest BCUT2D eigenvalue weighted by molar-refractivity contribution is 5.99. The monoisotopic (exact) mass is 314 g/mol. The number of aromatic amines is 1. The lowest BCUT2D eigenvalue weighted by Gasteiger charge is -2.03. The highest BCUT2D eigenvalue weighted by Crippen LogP contribution is 2.08. The lowest BCUT2D eigenvalue weighted by atomic mass is 10.1. The third-order valence-corrected chi connectivity index (χ3v) is 3.12. The molecule has 0 saturated heterocycles. The van der Waals surface area contributed by atoms with E-state index < -0.39 is 0 Å². The smallest absolute Gasteiger partial charge is 0.293 e. The molecule has 0 unspecified atom stereocenters. The number of hydrogen-bond acceptors (Lipinski definition) is 4. The third-order valence-electron chi connectivity index (χ3n) is 3.12. The van der Waals surface area contributed by atoms with Crippen LogP contribution in [0, 0.1) is 0 Å². The second-order valence-corrected chi connectivity index (χ2v) is 4.61. The molecule has 112 valence electrons. The van der Waals surface area contributed by atoms with Crippen LogP contribution >= 0.6 is 12.4 Å². The van der Waals surface area contributed by atoms with Crippen molar-refractivity contribution in [2.75, 3.05) is 5.43 Å². The summed E-state index contributed by atoms with van der Waals surface area (Å²) in [5.41, 5.74) is 5.63. The Morgan fingerprint density at radius 2 is 1.77 bits per heavy atom. The van der Waals surface area contributed by atoms with E-state index in [1.54, 1.807) is 0 Å². The molecule has 0 saturated carbocycles. The van der Waals surface area contributed by atoms with E-state index in [0.717, 1.165) is 11.3 Å². The van der Waals surface area contributed by atoms with Gasteiger partial charge < -0.3 is 4.98 Å². The van der Waals surface area contributed by atoms with Gasteiger partial charge in [-0.3, -0.25) is 10.2 Å². The number of benzene rings is 2. The Balaban J connectivity index is 0.00000176. The summed E-state index contributed by atoms with van der Waals surface area (Å²) in [5.74, 6) is 0.184. The number of fused-ring (bicyclic) bond motifs is 1. The fourth-order valence-electron chi connectivity index (χ4n) is 1.99. The van der Waals surface area contributed by atoms with Gasteiger partial charge in [-0.15, -0.1) is 12.4 Å². The number of aromatic nitrogens is 2. The number of hydrogen-bond donors (Lipinski definition) is 2. The molecule has 0 bridgehead atoms. The molecule has 0 aliphatic carbocycles. The summed E-state index contributed by atoms with van der Waals surface area (Å²) in [4.78, 5) is 19.0. The lowest BCUT2D eigenvalue weighted by Crippen LogP contribution is -2.14. The summed E-state index contributed by atoms with van der Waals surface area (Å²) in [6.45, 7) is 1.87. The first-order valence-corrected chi connectivity index (χ1v) is 6.59. The van der Waals surface area contributed by atoms with Crippen LogP contribution < -0.4 is 11.0 Å². The van der Waals surface area contributed by atoms with Crippen molar-refractivity contribution in [2.24, 2.45) is 5.10 Å². The quantitative estimate of drug-likeness (QED) is 0.576. The first kappa shape index (κ1) is 15.7. The largest absolute Gasteiger partial charge is 0.317 e. The van der Waals surface area contributed by atoms with Crippen molar-refractivity contribution in [3.63, 3.8) is 0 Å². The minimum atomic E-state index is -0.293. The van der Waals surface area contributed by atoms with Crippen molar-refractivity contribution < 1.29 is 0 Å². The molecule has 5 nitrogen and oxygen atoms in total. The Kier molecular flexibility index (Phi) is 4.91. The zero-order chi connectivity index (χ0) is 14.7. The van der Waals surface area contributed by atoms with E-state index in [9.17, 15) is 4.79 Å². The van der Waals surface area contributed by atoms with Crippen LogP contribution in [0.2, 0.25) is 0 Å². The van der Waals surface area contributed by atoms with Crippen LogP contribution in [0.4, 0.5) is 5.82 Å². The van der Waals surface area contributed by atoms with Crippen molar-refractivity contribution in [1.29, 1.82) is 0 Å². The molecular formula is C16H15ClN4O. The van der Waals surface area contributed by atoms with E-state index in [1.807, 2.05) is 61.5 Å². The van der Waals surface area contributed by atoms with Crippen molar-refractivity contribution in [3.8, 4) is 0 Å². The highest BCUT2D eigenvalue weighted by Gasteiger charge is 2.03. The average molecular weight is 315 g/mol. The number of nitrogens with zero attached hydrogens (tertiary/aromatic N) is 2. The molecule has 0 amide bonds. The van der Waals surface area contributed by atoms with Gasteiger partial charge >= 0.3 is 0 Å². The van der Waals surface area contributed by atoms with Gasteiger partial charge in [0.05, 0.1) is 16.7 Å². The number of para-hydroxylation sites is 2. The van der Waals surface area contributed by atoms with E-state index in [0.29, 0.717) is 11.0 Å². The maximum Gasteiger partial charge on any atom is 0.293 e. The molecule has 3 rings (SSSR count). The fraction of sp³-hybridized carbons (Fsp3) is 0.0625. The zero-order valence-corrected chi connectivity index (χ0v) is 12.7. The standard InChI is InChI=1S/C16H14N4O.ClH/c1-11(12-7-3-2-4-8-12)19-20-15-16(21)18-14-10-6-5-9-13(14)17-15;/h2-10H,1H3,(H,17,20)(H,18,21);1H/b19-11+;. The predicted molar refractivity (Wildman–Crippen MR) is 91.9 cm³/mol. The first-order valence-electron chi connectivity index (χ1n) is 6.59. The third kappa shape index (κ3) is 3.32. The van der Waals surface area contributed by atoms with E-state index in [1.165, 1.54) is 0 Å². The number of nitrogens with one attached hydrogen (secondary N) is 2. The Bertz CT molecular complexity index is 859. The molecule has 6 heteroatoms. The van der Waals surface area contributed by atoms with Crippen molar-refractivity contribution in [3.05, 3.63) is 70.5 Å². The van der Waals surface area contributed by atoms with Gasteiger partial charge in [-0.25, -0.2) is 4.98 Å². The van der Waals surface area contributed by atoms with Crippen LogP contribution in [-0.2, 0) is 0 Å². The van der Waals surface area contributed by atoms with Gasteiger partial charge in [0.25, 0.3) is 5.56 Å². The van der Waals surface area contributed by atoms with Gasteiger partial charge in [-0.2, -0.15) is 5.10 Å². The van der Waals surface area contributed by atoms with Crippen molar-refractivity contribution >= 4 is 35.0 Å². The highest BCUT2D eigenvalue weighted by atomic mass is 35.5. The molecule has 1 aromatic heterocycles. The summed E-state index contributed by atoms with van der Waals surface area (Å²) < 4.78 is 0.